The molecule has 0 saturated carbocycles. The highest BCUT2D eigenvalue weighted by Gasteiger charge is 2.21. The highest BCUT2D eigenvalue weighted by molar-refractivity contribution is 7.90. The number of hydrogen-bond acceptors (Lipinski definition) is 5. The molecule has 0 saturated heterocycles. The number of rotatable bonds is 3. The number of aliphatic imine (C=N–C) groups is 1. The van der Waals surface area contributed by atoms with Crippen LogP contribution >= 0.6 is 0 Å². The van der Waals surface area contributed by atoms with Gasteiger partial charge in [0.25, 0.3) is 10.0 Å². The number of carbonyl (C=O) groups is 1. The van der Waals surface area contributed by atoms with Crippen LogP contribution in [0.3, 0.4) is 0 Å². The standard InChI is InChI=1S/C16H25N3O4S/c1-11(2)17-14(18-15(20)23-16(4,5)6)19-24(21,22)13-9-7-12(3)8-10-13/h7-11H,1-6H3,(H2,17,18,19,20). The predicted octanol–water partition coefficient (Wildman–Crippen LogP) is 2.56. The van der Waals surface area contributed by atoms with E-state index in [4.69, 9.17) is 4.74 Å². The van der Waals surface area contributed by atoms with E-state index in [1.807, 2.05) is 6.92 Å². The van der Waals surface area contributed by atoms with Crippen LogP contribution in [0.25, 0.3) is 0 Å². The maximum absolute atomic E-state index is 12.4. The summed E-state index contributed by atoms with van der Waals surface area (Å²) in [6.45, 7) is 10.5. The Kier molecular flexibility index (Phi) is 6.36. The van der Waals surface area contributed by atoms with Crippen molar-refractivity contribution in [3.63, 3.8) is 0 Å². The second-order valence-electron chi connectivity index (χ2n) is 6.62. The van der Waals surface area contributed by atoms with E-state index >= 15 is 0 Å². The quantitative estimate of drug-likeness (QED) is 0.643. The van der Waals surface area contributed by atoms with Crippen molar-refractivity contribution in [3.8, 4) is 0 Å². The van der Waals surface area contributed by atoms with Crippen molar-refractivity contribution in [3.05, 3.63) is 29.8 Å². The van der Waals surface area contributed by atoms with Crippen molar-refractivity contribution in [2.75, 3.05) is 0 Å². The van der Waals surface area contributed by atoms with E-state index in [1.165, 1.54) is 12.1 Å². The summed E-state index contributed by atoms with van der Waals surface area (Å²) in [7, 11) is -3.86. The molecule has 0 bridgehead atoms. The van der Waals surface area contributed by atoms with Crippen LogP contribution in [0, 0.1) is 6.92 Å². The second kappa shape index (κ2) is 7.65. The molecule has 0 heterocycles. The Hall–Kier alpha value is -2.09. The summed E-state index contributed by atoms with van der Waals surface area (Å²) in [5.41, 5.74) is 0.236. The molecule has 1 rings (SSSR count). The fourth-order valence-electron chi connectivity index (χ4n) is 1.65. The summed E-state index contributed by atoms with van der Waals surface area (Å²) < 4.78 is 32.2. The molecule has 2 N–H and O–H groups in total. The van der Waals surface area contributed by atoms with E-state index in [0.29, 0.717) is 0 Å². The van der Waals surface area contributed by atoms with Gasteiger partial charge in [0.15, 0.2) is 0 Å². The van der Waals surface area contributed by atoms with Crippen LogP contribution in [0.2, 0.25) is 0 Å². The zero-order valence-electron chi connectivity index (χ0n) is 14.9. The summed E-state index contributed by atoms with van der Waals surface area (Å²) in [4.78, 5) is 16.0. The number of amides is 1. The summed E-state index contributed by atoms with van der Waals surface area (Å²) in [6, 6.07) is 6.12. The lowest BCUT2D eigenvalue weighted by Crippen LogP contribution is -2.46. The van der Waals surface area contributed by atoms with Gasteiger partial charge in [0.05, 0.1) is 4.90 Å². The van der Waals surface area contributed by atoms with E-state index in [2.05, 4.69) is 15.0 Å². The minimum atomic E-state index is -3.86. The van der Waals surface area contributed by atoms with Crippen LogP contribution in [0.5, 0.6) is 0 Å². The Balaban J connectivity index is 2.98. The van der Waals surface area contributed by atoms with Gasteiger partial charge in [-0.2, -0.15) is 0 Å². The molecule has 1 aromatic carbocycles. The molecule has 0 radical (unpaired) electrons. The molecule has 24 heavy (non-hydrogen) atoms. The van der Waals surface area contributed by atoms with Crippen LogP contribution in [0.1, 0.15) is 40.2 Å². The van der Waals surface area contributed by atoms with Gasteiger partial charge in [0, 0.05) is 6.04 Å². The van der Waals surface area contributed by atoms with E-state index in [0.717, 1.165) is 5.56 Å². The van der Waals surface area contributed by atoms with E-state index in [9.17, 15) is 13.2 Å². The molecule has 0 aliphatic heterocycles. The third kappa shape index (κ3) is 6.99. The monoisotopic (exact) mass is 355 g/mol. The number of hydrogen-bond donors (Lipinski definition) is 2. The molecule has 7 nitrogen and oxygen atoms in total. The molecule has 1 amide bonds. The lowest BCUT2D eigenvalue weighted by molar-refractivity contribution is 0.0562. The first kappa shape index (κ1) is 20.0. The molecule has 0 spiro atoms. The van der Waals surface area contributed by atoms with Crippen LogP contribution in [0.4, 0.5) is 4.79 Å². The zero-order valence-corrected chi connectivity index (χ0v) is 15.7. The average molecular weight is 355 g/mol. The molecule has 0 aliphatic rings. The Labute approximate surface area is 143 Å². The molecule has 0 aliphatic carbocycles. The lowest BCUT2D eigenvalue weighted by Gasteiger charge is -2.20. The Morgan fingerprint density at radius 2 is 1.71 bits per heavy atom. The minimum absolute atomic E-state index is 0.0792. The summed E-state index contributed by atoms with van der Waals surface area (Å²) in [6.07, 6.45) is -0.784. The average Bonchev–Trinajstić information content (AvgIpc) is 2.35. The van der Waals surface area contributed by atoms with Crippen molar-refractivity contribution >= 4 is 22.1 Å². The Bertz CT molecular complexity index is 702. The number of benzene rings is 1. The molecule has 0 fully saturated rings. The first-order valence-electron chi connectivity index (χ1n) is 7.56. The van der Waals surface area contributed by atoms with E-state index in [-0.39, 0.29) is 16.9 Å². The maximum atomic E-state index is 12.4. The number of guanidine groups is 1. The first-order chi connectivity index (χ1) is 10.9. The van der Waals surface area contributed by atoms with Gasteiger partial charge in [-0.1, -0.05) is 17.7 Å². The number of nitrogens with one attached hydrogen (secondary N) is 2. The number of carbonyl (C=O) groups excluding carboxylic acids is 1. The highest BCUT2D eigenvalue weighted by atomic mass is 32.2. The molecule has 0 atom stereocenters. The lowest BCUT2D eigenvalue weighted by atomic mass is 10.2. The van der Waals surface area contributed by atoms with Crippen molar-refractivity contribution in [2.24, 2.45) is 4.99 Å². The fourth-order valence-corrected chi connectivity index (χ4v) is 2.62. The first-order valence-corrected chi connectivity index (χ1v) is 9.04. The molecule has 1 aromatic rings. The smallest absolute Gasteiger partial charge is 0.414 e. The van der Waals surface area contributed by atoms with Gasteiger partial charge < -0.3 is 4.74 Å². The third-order valence-electron chi connectivity index (χ3n) is 2.57. The number of alkyl carbamates (subject to hydrolysis) is 1. The number of nitrogens with zero attached hydrogens (tertiary/aromatic N) is 1. The topological polar surface area (TPSA) is 96.9 Å². The zero-order chi connectivity index (χ0) is 18.5. The van der Waals surface area contributed by atoms with Crippen molar-refractivity contribution in [1.29, 1.82) is 0 Å². The summed E-state index contributed by atoms with van der Waals surface area (Å²) in [5, 5.41) is 2.34. The SMILES string of the molecule is Cc1ccc(S(=O)(=O)NC(=NC(C)C)NC(=O)OC(C)(C)C)cc1. The van der Waals surface area contributed by atoms with Crippen LogP contribution in [-0.2, 0) is 14.8 Å². The van der Waals surface area contributed by atoms with Crippen molar-refractivity contribution in [1.82, 2.24) is 10.0 Å². The predicted molar refractivity (Wildman–Crippen MR) is 93.4 cm³/mol. The van der Waals surface area contributed by atoms with Crippen LogP contribution in [-0.4, -0.2) is 32.1 Å². The largest absolute Gasteiger partial charge is 0.444 e. The minimum Gasteiger partial charge on any atom is -0.444 e. The molecular weight excluding hydrogens is 330 g/mol. The van der Waals surface area contributed by atoms with E-state index < -0.39 is 21.7 Å². The van der Waals surface area contributed by atoms with Gasteiger partial charge in [-0.3, -0.25) is 5.32 Å². The highest BCUT2D eigenvalue weighted by Crippen LogP contribution is 2.10. The summed E-state index contributed by atoms with van der Waals surface area (Å²) in [5.74, 6) is -0.181. The van der Waals surface area contributed by atoms with Crippen LogP contribution < -0.4 is 10.0 Å². The van der Waals surface area contributed by atoms with E-state index in [1.54, 1.807) is 46.8 Å². The molecule has 0 aromatic heterocycles. The van der Waals surface area contributed by atoms with Gasteiger partial charge in [-0.05, 0) is 53.7 Å². The number of aryl methyl sites for hydroxylation is 1. The van der Waals surface area contributed by atoms with Gasteiger partial charge in [-0.25, -0.2) is 22.9 Å². The normalized spacial score (nSPS) is 12.9. The molecule has 134 valence electrons. The number of sulfonamides is 1. The molecular formula is C16H25N3O4S. The van der Waals surface area contributed by atoms with Gasteiger partial charge in [0.2, 0.25) is 5.96 Å². The molecule has 8 heteroatoms. The van der Waals surface area contributed by atoms with Gasteiger partial charge in [0.1, 0.15) is 5.60 Å². The maximum Gasteiger partial charge on any atom is 0.414 e. The van der Waals surface area contributed by atoms with Crippen molar-refractivity contribution in [2.45, 2.75) is 58.1 Å². The third-order valence-corrected chi connectivity index (χ3v) is 3.92. The van der Waals surface area contributed by atoms with Gasteiger partial charge >= 0.3 is 6.09 Å². The second-order valence-corrected chi connectivity index (χ2v) is 8.30. The van der Waals surface area contributed by atoms with Crippen molar-refractivity contribution < 1.29 is 17.9 Å². The molecule has 0 unspecified atom stereocenters. The summed E-state index contributed by atoms with van der Waals surface area (Å²) >= 11 is 0. The fraction of sp³-hybridized carbons (Fsp3) is 0.500. The Morgan fingerprint density at radius 1 is 1.17 bits per heavy atom. The van der Waals surface area contributed by atoms with Crippen LogP contribution in [0.15, 0.2) is 34.2 Å². The Morgan fingerprint density at radius 3 is 2.17 bits per heavy atom. The van der Waals surface area contributed by atoms with Gasteiger partial charge in [-0.15, -0.1) is 0 Å². The number of ether oxygens (including phenoxy) is 1.